The normalized spacial score (nSPS) is 10.1. The van der Waals surface area contributed by atoms with Crippen LogP contribution in [0.4, 0.5) is 5.82 Å². The van der Waals surface area contributed by atoms with E-state index in [1.54, 1.807) is 19.5 Å². The molecule has 2 rings (SSSR count). The molecular formula is C12H13N3O. The zero-order valence-electron chi connectivity index (χ0n) is 9.27. The van der Waals surface area contributed by atoms with Crippen molar-refractivity contribution in [2.24, 2.45) is 0 Å². The highest BCUT2D eigenvalue weighted by Crippen LogP contribution is 2.29. The summed E-state index contributed by atoms with van der Waals surface area (Å²) in [5, 5.41) is 0. The van der Waals surface area contributed by atoms with Crippen molar-refractivity contribution in [2.45, 2.75) is 6.92 Å². The smallest absolute Gasteiger partial charge is 0.145 e. The van der Waals surface area contributed by atoms with Crippen molar-refractivity contribution in [1.29, 1.82) is 0 Å². The van der Waals surface area contributed by atoms with Crippen LogP contribution in [0.3, 0.4) is 0 Å². The van der Waals surface area contributed by atoms with Crippen LogP contribution in [0.5, 0.6) is 5.75 Å². The van der Waals surface area contributed by atoms with Gasteiger partial charge in [-0.1, -0.05) is 0 Å². The monoisotopic (exact) mass is 215 g/mol. The third-order valence-electron chi connectivity index (χ3n) is 2.38. The maximum atomic E-state index is 5.61. The number of anilines is 1. The first kappa shape index (κ1) is 10.4. The molecule has 0 fully saturated rings. The predicted octanol–water partition coefficient (Wildman–Crippen LogP) is 2.04. The Hall–Kier alpha value is -2.10. The molecule has 82 valence electrons. The highest BCUT2D eigenvalue weighted by molar-refractivity contribution is 5.69. The largest absolute Gasteiger partial charge is 0.494 e. The summed E-state index contributed by atoms with van der Waals surface area (Å²) in [5.74, 6) is 1.24. The maximum absolute atomic E-state index is 5.61. The molecular weight excluding hydrogens is 202 g/mol. The van der Waals surface area contributed by atoms with E-state index in [9.17, 15) is 0 Å². The van der Waals surface area contributed by atoms with Crippen LogP contribution in [0, 0.1) is 6.92 Å². The van der Waals surface area contributed by atoms with Crippen molar-refractivity contribution in [3.63, 3.8) is 0 Å². The summed E-state index contributed by atoms with van der Waals surface area (Å²) in [6, 6.07) is 5.53. The number of nitrogens with two attached hydrogens (primary N) is 1. The molecule has 0 aromatic carbocycles. The number of rotatable bonds is 2. The lowest BCUT2D eigenvalue weighted by atomic mass is 10.1. The number of methoxy groups -OCH3 is 1. The van der Waals surface area contributed by atoms with Crippen molar-refractivity contribution < 1.29 is 4.74 Å². The number of aromatic nitrogens is 2. The van der Waals surface area contributed by atoms with Gasteiger partial charge < -0.3 is 10.5 Å². The minimum atomic E-state index is 0.510. The number of ether oxygens (including phenoxy) is 1. The molecule has 0 aliphatic carbocycles. The number of nitrogens with zero attached hydrogens (tertiary/aromatic N) is 2. The minimum Gasteiger partial charge on any atom is -0.494 e. The lowest BCUT2D eigenvalue weighted by Crippen LogP contribution is -1.96. The summed E-state index contributed by atoms with van der Waals surface area (Å²) in [6.07, 6.45) is 3.45. The molecule has 2 N–H and O–H groups in total. The molecule has 0 aliphatic heterocycles. The second-order valence-electron chi connectivity index (χ2n) is 3.48. The number of nitrogen functional groups attached to an aromatic ring is 1. The molecule has 0 amide bonds. The van der Waals surface area contributed by atoms with Gasteiger partial charge in [0.2, 0.25) is 0 Å². The molecule has 2 aromatic rings. The first-order valence-electron chi connectivity index (χ1n) is 4.94. The zero-order valence-corrected chi connectivity index (χ0v) is 9.27. The second kappa shape index (κ2) is 4.18. The maximum Gasteiger partial charge on any atom is 0.145 e. The fraction of sp³-hybridized carbons (Fsp3) is 0.167. The van der Waals surface area contributed by atoms with Gasteiger partial charge >= 0.3 is 0 Å². The van der Waals surface area contributed by atoms with E-state index in [-0.39, 0.29) is 0 Å². The topological polar surface area (TPSA) is 61.0 Å². The number of hydrogen-bond donors (Lipinski definition) is 1. The summed E-state index contributed by atoms with van der Waals surface area (Å²) < 4.78 is 5.26. The van der Waals surface area contributed by atoms with Crippen LogP contribution in [-0.2, 0) is 0 Å². The Kier molecular flexibility index (Phi) is 2.72. The van der Waals surface area contributed by atoms with Crippen LogP contribution in [-0.4, -0.2) is 17.1 Å². The Labute approximate surface area is 94.1 Å². The Bertz CT molecular complexity index is 511. The molecule has 2 heterocycles. The molecule has 2 aromatic heterocycles. The minimum absolute atomic E-state index is 0.510. The molecule has 0 spiro atoms. The van der Waals surface area contributed by atoms with Crippen LogP contribution >= 0.6 is 0 Å². The van der Waals surface area contributed by atoms with E-state index in [2.05, 4.69) is 9.97 Å². The van der Waals surface area contributed by atoms with Gasteiger partial charge in [-0.3, -0.25) is 4.98 Å². The third-order valence-corrected chi connectivity index (χ3v) is 2.38. The SMILES string of the molecule is COc1cccnc1-c1cnc(N)cc1C. The van der Waals surface area contributed by atoms with Crippen molar-refractivity contribution in [2.75, 3.05) is 12.8 Å². The zero-order chi connectivity index (χ0) is 11.5. The third kappa shape index (κ3) is 1.82. The van der Waals surface area contributed by atoms with E-state index in [1.807, 2.05) is 25.1 Å². The average Bonchev–Trinajstić information content (AvgIpc) is 2.29. The summed E-state index contributed by atoms with van der Waals surface area (Å²) in [6.45, 7) is 1.97. The molecule has 0 atom stereocenters. The van der Waals surface area contributed by atoms with Crippen LogP contribution in [0.25, 0.3) is 11.3 Å². The lowest BCUT2D eigenvalue weighted by Gasteiger charge is -2.09. The fourth-order valence-corrected chi connectivity index (χ4v) is 1.58. The van der Waals surface area contributed by atoms with Crippen molar-refractivity contribution >= 4 is 5.82 Å². The highest BCUT2D eigenvalue weighted by Gasteiger charge is 2.09. The molecule has 0 radical (unpaired) electrons. The molecule has 0 bridgehead atoms. The van der Waals surface area contributed by atoms with Crippen LogP contribution in [0.1, 0.15) is 5.56 Å². The van der Waals surface area contributed by atoms with E-state index in [1.165, 1.54) is 0 Å². The summed E-state index contributed by atoms with van der Waals surface area (Å²) >= 11 is 0. The summed E-state index contributed by atoms with van der Waals surface area (Å²) in [7, 11) is 1.63. The molecule has 0 saturated carbocycles. The van der Waals surface area contributed by atoms with E-state index in [0.29, 0.717) is 5.82 Å². The fourth-order valence-electron chi connectivity index (χ4n) is 1.58. The van der Waals surface area contributed by atoms with Gasteiger partial charge in [-0.05, 0) is 30.7 Å². The van der Waals surface area contributed by atoms with Crippen molar-refractivity contribution in [3.05, 3.63) is 36.2 Å². The molecule has 0 unspecified atom stereocenters. The average molecular weight is 215 g/mol. The van der Waals surface area contributed by atoms with Crippen molar-refractivity contribution in [1.82, 2.24) is 9.97 Å². The number of aryl methyl sites for hydroxylation is 1. The highest BCUT2D eigenvalue weighted by atomic mass is 16.5. The first-order chi connectivity index (χ1) is 7.72. The predicted molar refractivity (Wildman–Crippen MR) is 63.2 cm³/mol. The molecule has 0 saturated heterocycles. The van der Waals surface area contributed by atoms with E-state index >= 15 is 0 Å². The van der Waals surface area contributed by atoms with Gasteiger partial charge in [0.1, 0.15) is 17.3 Å². The Balaban J connectivity index is 2.58. The lowest BCUT2D eigenvalue weighted by molar-refractivity contribution is 0.415. The van der Waals surface area contributed by atoms with Gasteiger partial charge in [0.15, 0.2) is 0 Å². The second-order valence-corrected chi connectivity index (χ2v) is 3.48. The molecule has 16 heavy (non-hydrogen) atoms. The molecule has 4 heteroatoms. The van der Waals surface area contributed by atoms with E-state index in [0.717, 1.165) is 22.6 Å². The Morgan fingerprint density at radius 2 is 2.12 bits per heavy atom. The number of hydrogen-bond acceptors (Lipinski definition) is 4. The van der Waals surface area contributed by atoms with Crippen molar-refractivity contribution in [3.8, 4) is 17.0 Å². The van der Waals surface area contributed by atoms with E-state index in [4.69, 9.17) is 10.5 Å². The first-order valence-corrected chi connectivity index (χ1v) is 4.94. The van der Waals surface area contributed by atoms with Gasteiger partial charge in [-0.25, -0.2) is 4.98 Å². The Morgan fingerprint density at radius 1 is 1.31 bits per heavy atom. The summed E-state index contributed by atoms with van der Waals surface area (Å²) in [4.78, 5) is 8.38. The molecule has 4 nitrogen and oxygen atoms in total. The van der Waals surface area contributed by atoms with Crippen LogP contribution in [0.2, 0.25) is 0 Å². The van der Waals surface area contributed by atoms with Gasteiger partial charge in [0.25, 0.3) is 0 Å². The number of pyridine rings is 2. The Morgan fingerprint density at radius 3 is 2.81 bits per heavy atom. The van der Waals surface area contributed by atoms with Crippen LogP contribution < -0.4 is 10.5 Å². The van der Waals surface area contributed by atoms with Gasteiger partial charge in [-0.2, -0.15) is 0 Å². The summed E-state index contributed by atoms with van der Waals surface area (Å²) in [5.41, 5.74) is 8.37. The standard InChI is InChI=1S/C12H13N3O/c1-8-6-11(13)15-7-9(8)12-10(16-2)4-3-5-14-12/h3-7H,1-2H3,(H2,13,15). The van der Waals surface area contributed by atoms with Gasteiger partial charge in [0.05, 0.1) is 7.11 Å². The van der Waals surface area contributed by atoms with Gasteiger partial charge in [-0.15, -0.1) is 0 Å². The van der Waals surface area contributed by atoms with Gasteiger partial charge in [0, 0.05) is 18.0 Å². The van der Waals surface area contributed by atoms with Crippen LogP contribution in [0.15, 0.2) is 30.6 Å². The quantitative estimate of drug-likeness (QED) is 0.832. The van der Waals surface area contributed by atoms with E-state index < -0.39 is 0 Å². The molecule has 0 aliphatic rings.